The Morgan fingerprint density at radius 2 is 1.68 bits per heavy atom. The molecule has 0 N–H and O–H groups in total. The topological polar surface area (TPSA) is 83.0 Å². The maximum Gasteiger partial charge on any atom is 0.238 e. The molecule has 0 radical (unpaired) electrons. The van der Waals surface area contributed by atoms with Crippen molar-refractivity contribution in [2.75, 3.05) is 11.4 Å². The van der Waals surface area contributed by atoms with E-state index in [1.165, 1.54) is 0 Å². The van der Waals surface area contributed by atoms with E-state index in [0.717, 1.165) is 22.4 Å². The Hall–Kier alpha value is -4.90. The van der Waals surface area contributed by atoms with Crippen LogP contribution in [0.2, 0.25) is 0 Å². The van der Waals surface area contributed by atoms with Gasteiger partial charge in [0.15, 0.2) is 5.82 Å². The fourth-order valence-corrected chi connectivity index (χ4v) is 4.35. The number of aryl methyl sites for hydroxylation is 2. The molecule has 5 aromatic rings. The number of nitrogens with zero attached hydrogens (tertiary/aromatic N) is 7. The zero-order chi connectivity index (χ0) is 25.9. The van der Waals surface area contributed by atoms with E-state index in [0.29, 0.717) is 29.3 Å². The molecule has 0 aliphatic carbocycles. The zero-order valence-corrected chi connectivity index (χ0v) is 20.7. The highest BCUT2D eigenvalue weighted by molar-refractivity contribution is 6.14. The number of aliphatic imine (C=N–C) groups is 1. The maximum atomic E-state index is 15.1. The number of anilines is 2. The smallest absolute Gasteiger partial charge is 0.238 e. The standard InChI is InChI=1S/C29H24FN7/c1-4-37(27-19(2)15-22(17-31)33-28(27)30)24-16-23-26(32-18-36(23)3)29(34-24)35-25(20-11-7-5-8-12-20)21-13-9-6-10-14-21/h5-16,18H,4H2,1-3H3. The summed E-state index contributed by atoms with van der Waals surface area (Å²) in [5.41, 5.74) is 4.98. The van der Waals surface area contributed by atoms with E-state index in [-0.39, 0.29) is 11.4 Å². The highest BCUT2D eigenvalue weighted by Gasteiger charge is 2.21. The minimum absolute atomic E-state index is 0.0329. The number of halogens is 1. The lowest BCUT2D eigenvalue weighted by molar-refractivity contribution is 0.579. The first kappa shape index (κ1) is 23.8. The van der Waals surface area contributed by atoms with Gasteiger partial charge in [-0.25, -0.2) is 19.9 Å². The fourth-order valence-electron chi connectivity index (χ4n) is 4.35. The highest BCUT2D eigenvalue weighted by Crippen LogP contribution is 2.34. The van der Waals surface area contributed by atoms with E-state index in [4.69, 9.17) is 9.98 Å². The summed E-state index contributed by atoms with van der Waals surface area (Å²) in [6, 6.07) is 25.2. The summed E-state index contributed by atoms with van der Waals surface area (Å²) in [4.78, 5) is 20.1. The SMILES string of the molecule is CCN(c1cc2c(ncn2C)c(N=C(c2ccccc2)c2ccccc2)n1)c1c(C)cc(C#N)nc1F. The van der Waals surface area contributed by atoms with E-state index in [1.807, 2.05) is 91.3 Å². The minimum atomic E-state index is -0.718. The van der Waals surface area contributed by atoms with E-state index in [9.17, 15) is 5.26 Å². The lowest BCUT2D eigenvalue weighted by Gasteiger charge is -2.24. The molecule has 7 nitrogen and oxygen atoms in total. The number of aromatic nitrogens is 4. The van der Waals surface area contributed by atoms with Crippen molar-refractivity contribution in [3.63, 3.8) is 0 Å². The molecule has 8 heteroatoms. The second-order valence-corrected chi connectivity index (χ2v) is 8.54. The summed E-state index contributed by atoms with van der Waals surface area (Å²) in [5.74, 6) is 0.213. The third-order valence-electron chi connectivity index (χ3n) is 6.11. The first-order valence-electron chi connectivity index (χ1n) is 11.9. The van der Waals surface area contributed by atoms with Crippen molar-refractivity contribution >= 4 is 34.1 Å². The van der Waals surface area contributed by atoms with Crippen LogP contribution in [-0.4, -0.2) is 31.8 Å². The van der Waals surface area contributed by atoms with Crippen molar-refractivity contribution in [2.45, 2.75) is 13.8 Å². The van der Waals surface area contributed by atoms with Gasteiger partial charge in [0.25, 0.3) is 0 Å². The molecule has 3 heterocycles. The second-order valence-electron chi connectivity index (χ2n) is 8.54. The number of fused-ring (bicyclic) bond motifs is 1. The predicted octanol–water partition coefficient (Wildman–Crippen LogP) is 6.01. The van der Waals surface area contributed by atoms with Gasteiger partial charge in [-0.15, -0.1) is 0 Å². The molecule has 3 aromatic heterocycles. The van der Waals surface area contributed by atoms with E-state index >= 15 is 4.39 Å². The molecule has 0 bridgehead atoms. The lowest BCUT2D eigenvalue weighted by atomic mass is 10.0. The number of benzene rings is 2. The van der Waals surface area contributed by atoms with Gasteiger partial charge in [0.2, 0.25) is 5.95 Å². The zero-order valence-electron chi connectivity index (χ0n) is 20.7. The van der Waals surface area contributed by atoms with Crippen LogP contribution < -0.4 is 4.90 Å². The normalized spacial score (nSPS) is 10.8. The summed E-state index contributed by atoms with van der Waals surface area (Å²) in [5, 5.41) is 9.19. The van der Waals surface area contributed by atoms with Crippen molar-refractivity contribution < 1.29 is 4.39 Å². The summed E-state index contributed by atoms with van der Waals surface area (Å²) in [6.07, 6.45) is 1.71. The molecule has 0 unspecified atom stereocenters. The average Bonchev–Trinajstić information content (AvgIpc) is 3.30. The van der Waals surface area contributed by atoms with Gasteiger partial charge in [0, 0.05) is 30.8 Å². The van der Waals surface area contributed by atoms with Crippen LogP contribution in [0, 0.1) is 24.2 Å². The van der Waals surface area contributed by atoms with Crippen LogP contribution in [0.25, 0.3) is 11.0 Å². The number of pyridine rings is 2. The Bertz CT molecular complexity index is 1590. The Kier molecular flexibility index (Phi) is 6.43. The quantitative estimate of drug-likeness (QED) is 0.215. The minimum Gasteiger partial charge on any atom is -0.334 e. The molecule has 0 amide bonds. The number of hydrogen-bond acceptors (Lipinski definition) is 6. The largest absolute Gasteiger partial charge is 0.334 e. The van der Waals surface area contributed by atoms with Crippen LogP contribution in [-0.2, 0) is 7.05 Å². The molecule has 0 atom stereocenters. The molecule has 2 aromatic carbocycles. The molecule has 0 aliphatic heterocycles. The molecule has 0 saturated heterocycles. The average molecular weight is 490 g/mol. The van der Waals surface area contributed by atoms with Gasteiger partial charge in [0.05, 0.1) is 17.6 Å². The van der Waals surface area contributed by atoms with Crippen molar-refractivity contribution in [3.05, 3.63) is 107 Å². The van der Waals surface area contributed by atoms with Gasteiger partial charge in [-0.3, -0.25) is 0 Å². The third kappa shape index (κ3) is 4.55. The molecular formula is C29H24FN7. The first-order valence-corrected chi connectivity index (χ1v) is 11.9. The van der Waals surface area contributed by atoms with Crippen LogP contribution in [0.3, 0.4) is 0 Å². The van der Waals surface area contributed by atoms with Gasteiger partial charge < -0.3 is 9.47 Å². The first-order chi connectivity index (χ1) is 18.0. The van der Waals surface area contributed by atoms with Crippen LogP contribution in [0.5, 0.6) is 0 Å². The summed E-state index contributed by atoms with van der Waals surface area (Å²) in [6.45, 7) is 4.10. The van der Waals surface area contributed by atoms with Crippen LogP contribution in [0.4, 0.5) is 21.7 Å². The Morgan fingerprint density at radius 1 is 1.03 bits per heavy atom. The van der Waals surface area contributed by atoms with E-state index in [2.05, 4.69) is 9.97 Å². The number of rotatable bonds is 6. The number of imidazole rings is 1. The summed E-state index contributed by atoms with van der Waals surface area (Å²) < 4.78 is 17.0. The fraction of sp³-hybridized carbons (Fsp3) is 0.138. The molecule has 0 aliphatic rings. The molecule has 5 rings (SSSR count). The molecule has 0 saturated carbocycles. The van der Waals surface area contributed by atoms with E-state index in [1.54, 1.807) is 24.2 Å². The van der Waals surface area contributed by atoms with Crippen LogP contribution in [0.1, 0.15) is 29.3 Å². The molecular weight excluding hydrogens is 465 g/mol. The Labute approximate surface area is 214 Å². The van der Waals surface area contributed by atoms with Crippen LogP contribution >= 0.6 is 0 Å². The predicted molar refractivity (Wildman–Crippen MR) is 143 cm³/mol. The molecule has 0 spiro atoms. The third-order valence-corrected chi connectivity index (χ3v) is 6.11. The van der Waals surface area contributed by atoms with Gasteiger partial charge in [-0.1, -0.05) is 60.7 Å². The summed E-state index contributed by atoms with van der Waals surface area (Å²) in [7, 11) is 1.90. The summed E-state index contributed by atoms with van der Waals surface area (Å²) >= 11 is 0. The van der Waals surface area contributed by atoms with Crippen molar-refractivity contribution in [1.82, 2.24) is 19.5 Å². The number of hydrogen-bond donors (Lipinski definition) is 0. The van der Waals surface area contributed by atoms with Gasteiger partial charge in [0.1, 0.15) is 28.8 Å². The maximum absolute atomic E-state index is 15.1. The van der Waals surface area contributed by atoms with Gasteiger partial charge >= 0.3 is 0 Å². The Morgan fingerprint density at radius 3 is 2.24 bits per heavy atom. The van der Waals surface area contributed by atoms with Crippen LogP contribution in [0.15, 0.2) is 84.1 Å². The van der Waals surface area contributed by atoms with Crippen molar-refractivity contribution in [3.8, 4) is 6.07 Å². The molecule has 37 heavy (non-hydrogen) atoms. The van der Waals surface area contributed by atoms with Gasteiger partial charge in [-0.05, 0) is 25.5 Å². The lowest BCUT2D eigenvalue weighted by Crippen LogP contribution is -2.21. The van der Waals surface area contributed by atoms with Gasteiger partial charge in [-0.2, -0.15) is 9.65 Å². The molecule has 182 valence electrons. The Balaban J connectivity index is 1.75. The van der Waals surface area contributed by atoms with Crippen molar-refractivity contribution in [2.24, 2.45) is 12.0 Å². The van der Waals surface area contributed by atoms with Crippen molar-refractivity contribution in [1.29, 1.82) is 5.26 Å². The monoisotopic (exact) mass is 489 g/mol. The number of nitriles is 1. The van der Waals surface area contributed by atoms with E-state index < -0.39 is 5.95 Å². The second kappa shape index (κ2) is 9.99. The molecule has 0 fully saturated rings. The highest BCUT2D eigenvalue weighted by atomic mass is 19.1.